The van der Waals surface area contributed by atoms with Crippen molar-refractivity contribution in [2.45, 2.75) is 91.0 Å². The Labute approximate surface area is 277 Å². The molecule has 3 N–H and O–H groups in total. The molecule has 1 aromatic heterocycles. The van der Waals surface area contributed by atoms with Crippen LogP contribution in [0.1, 0.15) is 75.2 Å². The van der Waals surface area contributed by atoms with Crippen molar-refractivity contribution in [1.82, 2.24) is 20.5 Å². The molecule has 0 aliphatic heterocycles. The zero-order valence-corrected chi connectivity index (χ0v) is 28.8. The van der Waals surface area contributed by atoms with Crippen LogP contribution in [0.25, 0.3) is 0 Å². The van der Waals surface area contributed by atoms with Crippen molar-refractivity contribution in [2.75, 3.05) is 13.7 Å². The fraction of sp³-hybridized carbons (Fsp3) is 0.500. The minimum Gasteiger partial charge on any atom is -0.450 e. The number of urea groups is 1. The predicted molar refractivity (Wildman–Crippen MR) is 183 cm³/mol. The summed E-state index contributed by atoms with van der Waals surface area (Å²) in [5, 5.41) is 20.3. The Balaban J connectivity index is 1.75. The maximum absolute atomic E-state index is 13.9. The zero-order valence-electron chi connectivity index (χ0n) is 27.9. The van der Waals surface area contributed by atoms with Crippen LogP contribution in [0.5, 0.6) is 0 Å². The molecule has 0 aliphatic carbocycles. The predicted octanol–water partition coefficient (Wildman–Crippen LogP) is 6.36. The average molecular weight is 651 g/mol. The smallest absolute Gasteiger partial charge is 0.407 e. The minimum absolute atomic E-state index is 0.0985. The van der Waals surface area contributed by atoms with E-state index in [0.717, 1.165) is 21.8 Å². The van der Waals surface area contributed by atoms with Gasteiger partial charge in [-0.25, -0.2) is 14.6 Å². The number of hydrogen-bond acceptors (Lipinski definition) is 7. The molecule has 250 valence electrons. The third kappa shape index (κ3) is 11.9. The Kier molecular flexibility index (Phi) is 14.7. The highest BCUT2D eigenvalue weighted by Crippen LogP contribution is 2.24. The molecule has 0 saturated heterocycles. The second-order valence-corrected chi connectivity index (χ2v) is 13.4. The van der Waals surface area contributed by atoms with E-state index in [0.29, 0.717) is 25.3 Å². The number of Topliss-reactive ketones (excluding diaryl/α,β-unsaturated/α-hetero) is 1. The summed E-state index contributed by atoms with van der Waals surface area (Å²) in [4.78, 5) is 45.7. The molecule has 0 saturated carbocycles. The number of aliphatic hydroxyl groups excluding tert-OH is 1. The molecule has 9 nitrogen and oxygen atoms in total. The first kappa shape index (κ1) is 36.7. The van der Waals surface area contributed by atoms with Crippen LogP contribution >= 0.6 is 11.3 Å². The van der Waals surface area contributed by atoms with Gasteiger partial charge in [-0.15, -0.1) is 11.3 Å². The van der Waals surface area contributed by atoms with Gasteiger partial charge in [0, 0.05) is 24.8 Å². The number of amides is 3. The summed E-state index contributed by atoms with van der Waals surface area (Å²) in [6, 6.07) is 17.8. The van der Waals surface area contributed by atoms with Gasteiger partial charge in [0.15, 0.2) is 5.78 Å². The molecule has 3 aromatic rings. The molecule has 4 atom stereocenters. The van der Waals surface area contributed by atoms with Crippen LogP contribution in [0.4, 0.5) is 9.59 Å². The van der Waals surface area contributed by atoms with Crippen LogP contribution in [-0.4, -0.2) is 64.7 Å². The summed E-state index contributed by atoms with van der Waals surface area (Å²) in [6.07, 6.45) is -0.157. The number of aromatic nitrogens is 1. The third-order valence-electron chi connectivity index (χ3n) is 7.88. The molecule has 2 aromatic carbocycles. The summed E-state index contributed by atoms with van der Waals surface area (Å²) < 4.78 is 5.13. The molecule has 3 rings (SSSR count). The normalized spacial score (nSPS) is 13.9. The van der Waals surface area contributed by atoms with Crippen molar-refractivity contribution >= 4 is 29.2 Å². The van der Waals surface area contributed by atoms with Crippen LogP contribution in [0.3, 0.4) is 0 Å². The largest absolute Gasteiger partial charge is 0.450 e. The lowest BCUT2D eigenvalue weighted by molar-refractivity contribution is -0.123. The lowest BCUT2D eigenvalue weighted by Crippen LogP contribution is -2.49. The fourth-order valence-corrected chi connectivity index (χ4v) is 6.24. The average Bonchev–Trinajstić information content (AvgIpc) is 3.49. The summed E-state index contributed by atoms with van der Waals surface area (Å²) in [7, 11) is 1.70. The molecule has 4 unspecified atom stereocenters. The van der Waals surface area contributed by atoms with Gasteiger partial charge in [-0.05, 0) is 49.1 Å². The van der Waals surface area contributed by atoms with Crippen molar-refractivity contribution < 1.29 is 24.2 Å². The maximum atomic E-state index is 13.9. The highest BCUT2D eigenvalue weighted by molar-refractivity contribution is 7.09. The van der Waals surface area contributed by atoms with Crippen molar-refractivity contribution in [2.24, 2.45) is 11.8 Å². The van der Waals surface area contributed by atoms with Crippen LogP contribution in [-0.2, 0) is 28.9 Å². The van der Waals surface area contributed by atoms with Crippen molar-refractivity contribution in [3.63, 3.8) is 0 Å². The lowest BCUT2D eigenvalue weighted by atomic mass is 9.84. The lowest BCUT2D eigenvalue weighted by Gasteiger charge is -2.29. The number of alkyl carbamates (subject to hydrolysis) is 1. The molecule has 10 heteroatoms. The Morgan fingerprint density at radius 3 is 2.09 bits per heavy atom. The van der Waals surface area contributed by atoms with E-state index in [2.05, 4.69) is 29.5 Å². The summed E-state index contributed by atoms with van der Waals surface area (Å²) in [5.74, 6) is -0.167. The standard InChI is InChI=1S/C36H50N4O5S/c1-7-45-36(44)38-30(19-27-16-12-9-13-17-27)31(41)20-28(18-26-14-10-8-11-15-26)21-32(42)33(24(2)3)39-35(43)40(6)22-29-23-46-34(37-29)25(4)5/h8-17,23-25,28,30-31,33,41H,7,18-22H2,1-6H3,(H,38,44)(H,39,43). The van der Waals surface area contributed by atoms with E-state index in [1.165, 1.54) is 0 Å². The number of carbonyl (C=O) groups is 3. The molecule has 0 spiro atoms. The van der Waals surface area contributed by atoms with Crippen LogP contribution in [0.15, 0.2) is 66.0 Å². The first-order valence-corrected chi connectivity index (χ1v) is 17.0. The van der Waals surface area contributed by atoms with Gasteiger partial charge in [0.05, 0.1) is 42.0 Å². The second-order valence-electron chi connectivity index (χ2n) is 12.5. The molecular weight excluding hydrogens is 600 g/mol. The van der Waals surface area contributed by atoms with Crippen molar-refractivity contribution in [3.8, 4) is 0 Å². The van der Waals surface area contributed by atoms with E-state index in [9.17, 15) is 19.5 Å². The topological polar surface area (TPSA) is 121 Å². The molecule has 46 heavy (non-hydrogen) atoms. The number of nitrogens with one attached hydrogen (secondary N) is 2. The number of hydrogen-bond donors (Lipinski definition) is 3. The van der Waals surface area contributed by atoms with Gasteiger partial charge in [-0.1, -0.05) is 88.4 Å². The molecule has 1 heterocycles. The summed E-state index contributed by atoms with van der Waals surface area (Å²) >= 11 is 1.58. The van der Waals surface area contributed by atoms with Crippen LogP contribution in [0, 0.1) is 11.8 Å². The van der Waals surface area contributed by atoms with Gasteiger partial charge in [0.1, 0.15) is 0 Å². The van der Waals surface area contributed by atoms with E-state index < -0.39 is 24.3 Å². The number of benzene rings is 2. The number of nitrogens with zero attached hydrogens (tertiary/aromatic N) is 2. The maximum Gasteiger partial charge on any atom is 0.407 e. The summed E-state index contributed by atoms with van der Waals surface area (Å²) in [5.41, 5.74) is 2.82. The number of carbonyl (C=O) groups excluding carboxylic acids is 3. The number of aliphatic hydroxyl groups is 1. The SMILES string of the molecule is CCOC(=O)NC(Cc1ccccc1)C(O)CC(CC(=O)C(NC(=O)N(C)Cc1csc(C(C)C)n1)C(C)C)Cc1ccccc1. The quantitative estimate of drug-likeness (QED) is 0.156. The first-order chi connectivity index (χ1) is 22.0. The zero-order chi connectivity index (χ0) is 33.6. The fourth-order valence-electron chi connectivity index (χ4n) is 5.42. The van der Waals surface area contributed by atoms with Gasteiger partial charge < -0.3 is 25.4 Å². The molecule has 0 bridgehead atoms. The molecule has 0 radical (unpaired) electrons. The minimum atomic E-state index is -0.946. The first-order valence-electron chi connectivity index (χ1n) is 16.1. The molecule has 0 aliphatic rings. The second kappa shape index (κ2) is 18.4. The Morgan fingerprint density at radius 1 is 0.935 bits per heavy atom. The number of thiazole rings is 1. The number of ketones is 1. The summed E-state index contributed by atoms with van der Waals surface area (Å²) in [6.45, 7) is 10.3. The van der Waals surface area contributed by atoms with Gasteiger partial charge in [0.2, 0.25) is 0 Å². The van der Waals surface area contributed by atoms with E-state index in [1.807, 2.05) is 79.9 Å². The molecule has 3 amide bonds. The van der Waals surface area contributed by atoms with Gasteiger partial charge in [-0.2, -0.15) is 0 Å². The molecular formula is C36H50N4O5S. The highest BCUT2D eigenvalue weighted by Gasteiger charge is 2.31. The van der Waals surface area contributed by atoms with Gasteiger partial charge in [0.25, 0.3) is 0 Å². The Hall–Kier alpha value is -3.76. The number of ether oxygens (including phenoxy) is 1. The van der Waals surface area contributed by atoms with Gasteiger partial charge in [-0.3, -0.25) is 4.79 Å². The van der Waals surface area contributed by atoms with Crippen molar-refractivity contribution in [1.29, 1.82) is 0 Å². The van der Waals surface area contributed by atoms with Crippen LogP contribution in [0.2, 0.25) is 0 Å². The third-order valence-corrected chi connectivity index (χ3v) is 9.07. The monoisotopic (exact) mass is 650 g/mol. The van der Waals surface area contributed by atoms with Crippen molar-refractivity contribution in [3.05, 3.63) is 87.9 Å². The van der Waals surface area contributed by atoms with E-state index in [-0.39, 0.29) is 43.1 Å². The highest BCUT2D eigenvalue weighted by atomic mass is 32.1. The van der Waals surface area contributed by atoms with E-state index in [4.69, 9.17) is 4.74 Å². The number of rotatable bonds is 17. The Morgan fingerprint density at radius 2 is 1.54 bits per heavy atom. The van der Waals surface area contributed by atoms with E-state index in [1.54, 1.807) is 30.2 Å². The van der Waals surface area contributed by atoms with E-state index >= 15 is 0 Å². The molecule has 0 fully saturated rings. The Bertz CT molecular complexity index is 1360. The van der Waals surface area contributed by atoms with Gasteiger partial charge >= 0.3 is 12.1 Å². The van der Waals surface area contributed by atoms with Crippen LogP contribution < -0.4 is 10.6 Å².